The first kappa shape index (κ1) is 19.9. The average molecular weight is 318 g/mol. The zero-order valence-electron chi connectivity index (χ0n) is 13.2. The summed E-state index contributed by atoms with van der Waals surface area (Å²) in [7, 11) is 2.86. The van der Waals surface area contributed by atoms with E-state index in [1.807, 2.05) is 6.92 Å². The normalized spacial score (nSPS) is 12.2. The quantitative estimate of drug-likeness (QED) is 0.287. The van der Waals surface area contributed by atoms with Gasteiger partial charge in [-0.3, -0.25) is 19.2 Å². The molecule has 0 rings (SSSR count). The monoisotopic (exact) mass is 318 g/mol. The summed E-state index contributed by atoms with van der Waals surface area (Å²) in [5.74, 6) is -7.04. The molecule has 0 aromatic carbocycles. The maximum absolute atomic E-state index is 12.1. The number of carbonyl (C=O) groups excluding carboxylic acids is 3. The molecule has 0 radical (unpaired) electrons. The lowest BCUT2D eigenvalue weighted by molar-refractivity contribution is -0.190. The smallest absolute Gasteiger partial charge is 0.335 e. The van der Waals surface area contributed by atoms with Gasteiger partial charge in [0.2, 0.25) is 0 Å². The molecule has 8 nitrogen and oxygen atoms in total. The fourth-order valence-corrected chi connectivity index (χ4v) is 2.28. The lowest BCUT2D eigenvalue weighted by atomic mass is 9.72. The largest absolute Gasteiger partial charge is 0.481 e. The van der Waals surface area contributed by atoms with Gasteiger partial charge in [0.15, 0.2) is 0 Å². The van der Waals surface area contributed by atoms with Crippen molar-refractivity contribution in [3.63, 3.8) is 0 Å². The van der Waals surface area contributed by atoms with Crippen molar-refractivity contribution in [1.29, 1.82) is 0 Å². The average Bonchev–Trinajstić information content (AvgIpc) is 2.52. The standard InChI is InChI=1S/C14H22O8/c1-5-6-7-8-9(10(15)16)14(11(17)20-2,12(18)21-3)13(19)22-4/h9H,5-8H2,1-4H3,(H,15,16). The maximum Gasteiger partial charge on any atom is 0.335 e. The van der Waals surface area contributed by atoms with Crippen molar-refractivity contribution in [1.82, 2.24) is 0 Å². The predicted molar refractivity (Wildman–Crippen MR) is 73.7 cm³/mol. The molecule has 0 bridgehead atoms. The molecule has 0 fully saturated rings. The molecule has 0 amide bonds. The van der Waals surface area contributed by atoms with Gasteiger partial charge in [-0.25, -0.2) is 0 Å². The van der Waals surface area contributed by atoms with Crippen LogP contribution in [-0.2, 0) is 33.4 Å². The van der Waals surface area contributed by atoms with Crippen LogP contribution in [0.15, 0.2) is 0 Å². The molecule has 0 heterocycles. The highest BCUT2D eigenvalue weighted by molar-refractivity contribution is 6.20. The van der Waals surface area contributed by atoms with Gasteiger partial charge in [-0.15, -0.1) is 0 Å². The summed E-state index contributed by atoms with van der Waals surface area (Å²) in [4.78, 5) is 48.0. The Morgan fingerprint density at radius 2 is 1.32 bits per heavy atom. The van der Waals surface area contributed by atoms with Crippen LogP contribution in [-0.4, -0.2) is 50.3 Å². The number of rotatable bonds is 9. The SMILES string of the molecule is CCCCCC(C(=O)O)C(C(=O)OC)(C(=O)OC)C(=O)OC. The molecule has 22 heavy (non-hydrogen) atoms. The number of methoxy groups -OCH3 is 3. The van der Waals surface area contributed by atoms with Gasteiger partial charge in [0.05, 0.1) is 27.2 Å². The highest BCUT2D eigenvalue weighted by Gasteiger charge is 2.64. The molecule has 1 unspecified atom stereocenters. The molecule has 0 aliphatic rings. The Bertz CT molecular complexity index is 388. The zero-order chi connectivity index (χ0) is 17.3. The van der Waals surface area contributed by atoms with Crippen LogP contribution in [0.5, 0.6) is 0 Å². The second kappa shape index (κ2) is 9.01. The number of carbonyl (C=O) groups is 4. The third kappa shape index (κ3) is 3.75. The van der Waals surface area contributed by atoms with Crippen LogP contribution in [0.4, 0.5) is 0 Å². The van der Waals surface area contributed by atoms with Crippen molar-refractivity contribution in [2.75, 3.05) is 21.3 Å². The Morgan fingerprint density at radius 3 is 1.59 bits per heavy atom. The molecular formula is C14H22O8. The van der Waals surface area contributed by atoms with Crippen molar-refractivity contribution in [2.45, 2.75) is 32.6 Å². The summed E-state index contributed by atoms with van der Waals surface area (Å²) >= 11 is 0. The maximum atomic E-state index is 12.1. The van der Waals surface area contributed by atoms with Gasteiger partial charge in [-0.2, -0.15) is 0 Å². The fourth-order valence-electron chi connectivity index (χ4n) is 2.28. The van der Waals surface area contributed by atoms with Crippen LogP contribution in [0.1, 0.15) is 32.6 Å². The van der Waals surface area contributed by atoms with Gasteiger partial charge in [-0.05, 0) is 6.42 Å². The summed E-state index contributed by atoms with van der Waals surface area (Å²) < 4.78 is 13.5. The van der Waals surface area contributed by atoms with E-state index in [2.05, 4.69) is 14.2 Å². The molecule has 0 spiro atoms. The second-order valence-electron chi connectivity index (χ2n) is 4.67. The van der Waals surface area contributed by atoms with E-state index in [4.69, 9.17) is 0 Å². The molecule has 1 N–H and O–H groups in total. The van der Waals surface area contributed by atoms with Gasteiger partial charge < -0.3 is 19.3 Å². The minimum Gasteiger partial charge on any atom is -0.481 e. The van der Waals surface area contributed by atoms with Crippen LogP contribution in [0.25, 0.3) is 0 Å². The van der Waals surface area contributed by atoms with Crippen LogP contribution in [0, 0.1) is 11.3 Å². The fraction of sp³-hybridized carbons (Fsp3) is 0.714. The lowest BCUT2D eigenvalue weighted by Crippen LogP contribution is -2.56. The number of unbranched alkanes of at least 4 members (excludes halogenated alkanes) is 2. The second-order valence-corrected chi connectivity index (χ2v) is 4.67. The third-order valence-electron chi connectivity index (χ3n) is 3.44. The van der Waals surface area contributed by atoms with E-state index in [1.54, 1.807) is 0 Å². The molecule has 0 saturated carbocycles. The van der Waals surface area contributed by atoms with Crippen LogP contribution >= 0.6 is 0 Å². The molecule has 0 aliphatic heterocycles. The summed E-state index contributed by atoms with van der Waals surface area (Å²) in [5.41, 5.74) is -2.67. The number of carboxylic acids is 1. The van der Waals surface area contributed by atoms with Gasteiger partial charge in [-0.1, -0.05) is 26.2 Å². The highest BCUT2D eigenvalue weighted by Crippen LogP contribution is 2.36. The zero-order valence-corrected chi connectivity index (χ0v) is 13.2. The van der Waals surface area contributed by atoms with Crippen molar-refractivity contribution in [3.05, 3.63) is 0 Å². The summed E-state index contributed by atoms with van der Waals surface area (Å²) in [6.07, 6.45) is 1.83. The molecule has 126 valence electrons. The van der Waals surface area contributed by atoms with Crippen molar-refractivity contribution < 1.29 is 38.5 Å². The van der Waals surface area contributed by atoms with E-state index < -0.39 is 35.2 Å². The van der Waals surface area contributed by atoms with E-state index >= 15 is 0 Å². The topological polar surface area (TPSA) is 116 Å². The lowest BCUT2D eigenvalue weighted by Gasteiger charge is -2.30. The number of ether oxygens (including phenoxy) is 3. The van der Waals surface area contributed by atoms with Crippen molar-refractivity contribution >= 4 is 23.9 Å². The number of hydrogen-bond acceptors (Lipinski definition) is 7. The van der Waals surface area contributed by atoms with Gasteiger partial charge >= 0.3 is 23.9 Å². The summed E-state index contributed by atoms with van der Waals surface area (Å²) in [5, 5.41) is 9.42. The Balaban J connectivity index is 6.04. The van der Waals surface area contributed by atoms with Crippen LogP contribution in [0.2, 0.25) is 0 Å². The Kier molecular flexibility index (Phi) is 8.14. The van der Waals surface area contributed by atoms with E-state index in [1.165, 1.54) is 0 Å². The van der Waals surface area contributed by atoms with E-state index in [0.29, 0.717) is 12.8 Å². The first-order valence-corrected chi connectivity index (χ1v) is 6.82. The molecule has 1 atom stereocenters. The van der Waals surface area contributed by atoms with Crippen molar-refractivity contribution in [3.8, 4) is 0 Å². The Hall–Kier alpha value is -2.12. The van der Waals surface area contributed by atoms with Gasteiger partial charge in [0.1, 0.15) is 0 Å². The number of carboxylic acid groups (broad SMARTS) is 1. The first-order valence-electron chi connectivity index (χ1n) is 6.82. The molecule has 0 aromatic heterocycles. The third-order valence-corrected chi connectivity index (χ3v) is 3.44. The van der Waals surface area contributed by atoms with E-state index in [9.17, 15) is 24.3 Å². The minimum absolute atomic E-state index is 0.0670. The highest BCUT2D eigenvalue weighted by atomic mass is 16.6. The predicted octanol–water partition coefficient (Wildman–Crippen LogP) is 0.773. The number of aliphatic carboxylic acids is 1. The Morgan fingerprint density at radius 1 is 0.909 bits per heavy atom. The molecular weight excluding hydrogens is 296 g/mol. The van der Waals surface area contributed by atoms with E-state index in [-0.39, 0.29) is 6.42 Å². The van der Waals surface area contributed by atoms with Gasteiger partial charge in [0.25, 0.3) is 5.41 Å². The molecule has 0 aromatic rings. The van der Waals surface area contributed by atoms with Crippen molar-refractivity contribution in [2.24, 2.45) is 11.3 Å². The number of hydrogen-bond donors (Lipinski definition) is 1. The first-order chi connectivity index (χ1) is 10.3. The summed E-state index contributed by atoms with van der Waals surface area (Å²) in [6, 6.07) is 0. The molecule has 8 heteroatoms. The minimum atomic E-state index is -2.67. The molecule has 0 saturated heterocycles. The molecule has 0 aliphatic carbocycles. The van der Waals surface area contributed by atoms with Crippen LogP contribution < -0.4 is 0 Å². The van der Waals surface area contributed by atoms with E-state index in [0.717, 1.165) is 27.8 Å². The van der Waals surface area contributed by atoms with Crippen LogP contribution in [0.3, 0.4) is 0 Å². The van der Waals surface area contributed by atoms with Gasteiger partial charge in [0, 0.05) is 0 Å². The summed E-state index contributed by atoms with van der Waals surface area (Å²) in [6.45, 7) is 1.91. The number of esters is 3. The Labute approximate surface area is 128 Å².